The van der Waals surface area contributed by atoms with E-state index in [1.54, 1.807) is 27.7 Å². The molecule has 1 atom stereocenters. The van der Waals surface area contributed by atoms with Crippen molar-refractivity contribution in [3.63, 3.8) is 0 Å². The summed E-state index contributed by atoms with van der Waals surface area (Å²) in [7, 11) is 0. The number of benzene rings is 2. The van der Waals surface area contributed by atoms with Crippen LogP contribution in [0.4, 0.5) is 22.0 Å². The van der Waals surface area contributed by atoms with Gasteiger partial charge in [0.25, 0.3) is 6.43 Å². The van der Waals surface area contributed by atoms with Gasteiger partial charge < -0.3 is 18.9 Å². The van der Waals surface area contributed by atoms with Crippen molar-refractivity contribution in [2.24, 2.45) is 0 Å². The number of hydrogen-bond donors (Lipinski definition) is 1. The van der Waals surface area contributed by atoms with Crippen molar-refractivity contribution in [3.8, 4) is 28.5 Å². The SMILES string of the molecule is CCOC(=O)C(C)(C)Oc1ccc(OC(c2cc(-c3ccc(OC(F)(F)F)cc3)[nH]n2)C(F)F)cc1C. The molecule has 0 saturated carbocycles. The number of nitrogens with one attached hydrogen (secondary N) is 1. The van der Waals surface area contributed by atoms with Gasteiger partial charge >= 0.3 is 12.3 Å². The number of rotatable bonds is 10. The van der Waals surface area contributed by atoms with Gasteiger partial charge in [-0.15, -0.1) is 13.2 Å². The van der Waals surface area contributed by atoms with Crippen molar-refractivity contribution in [2.45, 2.75) is 52.2 Å². The topological polar surface area (TPSA) is 82.7 Å². The molecule has 0 aliphatic heterocycles. The van der Waals surface area contributed by atoms with Crippen molar-refractivity contribution in [1.82, 2.24) is 10.2 Å². The molecule has 2 aromatic carbocycles. The van der Waals surface area contributed by atoms with Crippen molar-refractivity contribution in [3.05, 3.63) is 59.8 Å². The second kappa shape index (κ2) is 11.1. The Labute approximate surface area is 209 Å². The Morgan fingerprint density at radius 1 is 1.00 bits per heavy atom. The van der Waals surface area contributed by atoms with Crippen molar-refractivity contribution in [2.75, 3.05) is 6.61 Å². The lowest BCUT2D eigenvalue weighted by Crippen LogP contribution is -2.39. The van der Waals surface area contributed by atoms with Crippen molar-refractivity contribution < 1.29 is 45.7 Å². The molecule has 7 nitrogen and oxygen atoms in total. The number of halogens is 5. The number of hydrogen-bond acceptors (Lipinski definition) is 6. The van der Waals surface area contributed by atoms with Gasteiger partial charge in [-0.05, 0) is 87.4 Å². The van der Waals surface area contributed by atoms with Gasteiger partial charge in [-0.3, -0.25) is 5.10 Å². The number of alkyl halides is 5. The van der Waals surface area contributed by atoms with Crippen LogP contribution in [0.25, 0.3) is 11.3 Å². The first-order chi connectivity index (χ1) is 17.3. The van der Waals surface area contributed by atoms with Crippen molar-refractivity contribution in [1.29, 1.82) is 0 Å². The fourth-order valence-corrected chi connectivity index (χ4v) is 3.29. The summed E-state index contributed by atoms with van der Waals surface area (Å²) in [6.45, 7) is 6.64. The Balaban J connectivity index is 1.75. The van der Waals surface area contributed by atoms with E-state index in [-0.39, 0.29) is 18.1 Å². The summed E-state index contributed by atoms with van der Waals surface area (Å²) in [5, 5.41) is 6.49. The summed E-state index contributed by atoms with van der Waals surface area (Å²) in [4.78, 5) is 12.1. The van der Waals surface area contributed by atoms with E-state index in [2.05, 4.69) is 14.9 Å². The summed E-state index contributed by atoms with van der Waals surface area (Å²) in [5.74, 6) is -0.510. The first kappa shape index (κ1) is 27.8. The lowest BCUT2D eigenvalue weighted by molar-refractivity contribution is -0.274. The second-order valence-electron chi connectivity index (χ2n) is 8.41. The molecular weight excluding hydrogens is 503 g/mol. The number of aryl methyl sites for hydroxylation is 1. The van der Waals surface area contributed by atoms with Crippen LogP contribution in [0.5, 0.6) is 17.2 Å². The quantitative estimate of drug-likeness (QED) is 0.243. The number of aromatic amines is 1. The lowest BCUT2D eigenvalue weighted by Gasteiger charge is -2.25. The normalized spacial score (nSPS) is 12.8. The van der Waals surface area contributed by atoms with Crippen LogP contribution in [0.3, 0.4) is 0 Å². The third-order valence-corrected chi connectivity index (χ3v) is 5.06. The van der Waals surface area contributed by atoms with E-state index in [1.165, 1.54) is 36.4 Å². The highest BCUT2D eigenvalue weighted by Gasteiger charge is 2.33. The second-order valence-corrected chi connectivity index (χ2v) is 8.41. The third-order valence-electron chi connectivity index (χ3n) is 5.06. The molecule has 1 aromatic heterocycles. The summed E-state index contributed by atoms with van der Waals surface area (Å²) in [6, 6.07) is 10.6. The van der Waals surface area contributed by atoms with Crippen LogP contribution < -0.4 is 14.2 Å². The number of aromatic nitrogens is 2. The fourth-order valence-electron chi connectivity index (χ4n) is 3.29. The molecule has 3 aromatic rings. The van der Waals surface area contributed by atoms with Crippen LogP contribution >= 0.6 is 0 Å². The van der Waals surface area contributed by atoms with Crippen LogP contribution in [0.15, 0.2) is 48.5 Å². The van der Waals surface area contributed by atoms with Gasteiger partial charge in [0.15, 0.2) is 5.60 Å². The smallest absolute Gasteiger partial charge is 0.478 e. The van der Waals surface area contributed by atoms with Gasteiger partial charge in [-0.1, -0.05) is 0 Å². The summed E-state index contributed by atoms with van der Waals surface area (Å²) in [5.41, 5.74) is -0.141. The number of ether oxygens (including phenoxy) is 4. The Morgan fingerprint density at radius 3 is 2.22 bits per heavy atom. The zero-order valence-electron chi connectivity index (χ0n) is 20.4. The van der Waals surface area contributed by atoms with E-state index in [0.717, 1.165) is 12.1 Å². The first-order valence-corrected chi connectivity index (χ1v) is 11.1. The van der Waals surface area contributed by atoms with Gasteiger partial charge in [0, 0.05) is 0 Å². The number of H-pyrrole nitrogens is 1. The van der Waals surface area contributed by atoms with Crippen LogP contribution in [0.1, 0.15) is 38.1 Å². The molecule has 0 fully saturated rings. The van der Waals surface area contributed by atoms with Crippen molar-refractivity contribution >= 4 is 5.97 Å². The van der Waals surface area contributed by atoms with Gasteiger partial charge in [0.2, 0.25) is 6.10 Å². The average molecular weight is 528 g/mol. The minimum Gasteiger partial charge on any atom is -0.478 e. The maximum Gasteiger partial charge on any atom is 0.573 e. The Hall–Kier alpha value is -3.83. The van der Waals surface area contributed by atoms with Gasteiger partial charge in [0.05, 0.1) is 12.3 Å². The molecule has 0 amide bonds. The standard InChI is InChI=1S/C25H25F5N2O5/c1-5-34-23(33)24(3,4)37-20-11-10-17(12-14(20)2)35-21(22(26)27)19-13-18(31-32-19)15-6-8-16(9-7-15)36-25(28,29)30/h6-13,21-22H,5H2,1-4H3,(H,31,32). The van der Waals surface area contributed by atoms with Crippen LogP contribution in [0, 0.1) is 6.92 Å². The molecule has 0 aliphatic carbocycles. The lowest BCUT2D eigenvalue weighted by atomic mass is 10.1. The first-order valence-electron chi connectivity index (χ1n) is 11.1. The highest BCUT2D eigenvalue weighted by molar-refractivity contribution is 5.79. The Kier molecular flexibility index (Phi) is 8.29. The monoisotopic (exact) mass is 528 g/mol. The molecule has 0 saturated heterocycles. The zero-order chi connectivity index (χ0) is 27.4. The Bertz CT molecular complexity index is 1210. The number of carbonyl (C=O) groups excluding carboxylic acids is 1. The van der Waals surface area contributed by atoms with E-state index in [9.17, 15) is 26.7 Å². The summed E-state index contributed by atoms with van der Waals surface area (Å²) >= 11 is 0. The fraction of sp³-hybridized carbons (Fsp3) is 0.360. The molecule has 1 N–H and O–H groups in total. The summed E-state index contributed by atoms with van der Waals surface area (Å²) < 4.78 is 84.9. The van der Waals surface area contributed by atoms with E-state index in [0.29, 0.717) is 22.6 Å². The van der Waals surface area contributed by atoms with E-state index in [4.69, 9.17) is 14.2 Å². The van der Waals surface area contributed by atoms with E-state index < -0.39 is 36.2 Å². The third kappa shape index (κ3) is 7.34. The molecule has 3 rings (SSSR count). The predicted molar refractivity (Wildman–Crippen MR) is 123 cm³/mol. The molecule has 37 heavy (non-hydrogen) atoms. The summed E-state index contributed by atoms with van der Waals surface area (Å²) in [6.07, 6.45) is -9.51. The van der Waals surface area contributed by atoms with Crippen LogP contribution in [0.2, 0.25) is 0 Å². The molecule has 12 heteroatoms. The molecule has 1 heterocycles. The van der Waals surface area contributed by atoms with Gasteiger partial charge in [-0.25, -0.2) is 13.6 Å². The highest BCUT2D eigenvalue weighted by Crippen LogP contribution is 2.33. The Morgan fingerprint density at radius 2 is 1.65 bits per heavy atom. The number of esters is 1. The van der Waals surface area contributed by atoms with E-state index in [1.807, 2.05) is 0 Å². The van der Waals surface area contributed by atoms with Gasteiger partial charge in [0.1, 0.15) is 22.9 Å². The van der Waals surface area contributed by atoms with E-state index >= 15 is 0 Å². The van der Waals surface area contributed by atoms with Gasteiger partial charge in [-0.2, -0.15) is 5.10 Å². The maximum absolute atomic E-state index is 13.9. The predicted octanol–water partition coefficient (Wildman–Crippen LogP) is 6.39. The molecule has 0 radical (unpaired) electrons. The van der Waals surface area contributed by atoms with Crippen LogP contribution in [-0.2, 0) is 9.53 Å². The molecule has 0 spiro atoms. The largest absolute Gasteiger partial charge is 0.573 e. The molecule has 200 valence electrons. The zero-order valence-corrected chi connectivity index (χ0v) is 20.4. The molecule has 1 unspecified atom stereocenters. The molecule has 0 bridgehead atoms. The number of carbonyl (C=O) groups is 1. The average Bonchev–Trinajstić information content (AvgIpc) is 3.28. The molecule has 0 aliphatic rings. The minimum absolute atomic E-state index is 0.109. The minimum atomic E-state index is -4.83. The number of nitrogens with zero attached hydrogens (tertiary/aromatic N) is 1. The molecular formula is C25H25F5N2O5. The van der Waals surface area contributed by atoms with Crippen LogP contribution in [-0.4, -0.2) is 41.2 Å². The highest BCUT2D eigenvalue weighted by atomic mass is 19.4. The maximum atomic E-state index is 13.9.